The predicted octanol–water partition coefficient (Wildman–Crippen LogP) is 0.943. The highest BCUT2D eigenvalue weighted by Crippen LogP contribution is 2.23. The normalized spacial score (nSPS) is 18.5. The number of ether oxygens (including phenoxy) is 1. The number of methoxy groups -OCH3 is 1. The Bertz CT molecular complexity index is 416. The minimum absolute atomic E-state index is 0.0129. The molecule has 0 spiro atoms. The Labute approximate surface area is 117 Å². The van der Waals surface area contributed by atoms with Gasteiger partial charge in [0.2, 0.25) is 0 Å². The second kappa shape index (κ2) is 6.88. The van der Waals surface area contributed by atoms with Gasteiger partial charge < -0.3 is 20.1 Å². The predicted molar refractivity (Wildman–Crippen MR) is 74.9 cm³/mol. The summed E-state index contributed by atoms with van der Waals surface area (Å²) in [6.07, 6.45) is 2.24. The topological polar surface area (TPSA) is 61.8 Å². The molecular formula is C13H20N2O3S. The van der Waals surface area contributed by atoms with Crippen molar-refractivity contribution in [2.24, 2.45) is 0 Å². The molecule has 5 nitrogen and oxygen atoms in total. The summed E-state index contributed by atoms with van der Waals surface area (Å²) >= 11 is 1.38. The second-order valence-corrected chi connectivity index (χ2v) is 5.53. The smallest absolute Gasteiger partial charge is 0.264 e. The SMILES string of the molecule is COc1csc(C(=O)N(CCO)CC2CCCN2)c1. The van der Waals surface area contributed by atoms with Crippen molar-refractivity contribution in [3.8, 4) is 5.75 Å². The summed E-state index contributed by atoms with van der Waals surface area (Å²) in [6, 6.07) is 2.09. The van der Waals surface area contributed by atoms with Gasteiger partial charge in [-0.1, -0.05) is 0 Å². The molecule has 0 saturated carbocycles. The van der Waals surface area contributed by atoms with Crippen LogP contribution in [0.25, 0.3) is 0 Å². The average molecular weight is 284 g/mol. The zero-order chi connectivity index (χ0) is 13.7. The lowest BCUT2D eigenvalue weighted by atomic mass is 10.2. The van der Waals surface area contributed by atoms with E-state index in [1.165, 1.54) is 11.3 Å². The van der Waals surface area contributed by atoms with Crippen molar-refractivity contribution in [1.29, 1.82) is 0 Å². The molecule has 1 saturated heterocycles. The lowest BCUT2D eigenvalue weighted by molar-refractivity contribution is 0.0711. The molecule has 2 N–H and O–H groups in total. The summed E-state index contributed by atoms with van der Waals surface area (Å²) in [4.78, 5) is 14.8. The van der Waals surface area contributed by atoms with Crippen LogP contribution in [0, 0.1) is 0 Å². The lowest BCUT2D eigenvalue weighted by Crippen LogP contribution is -2.42. The van der Waals surface area contributed by atoms with Crippen LogP contribution in [0.5, 0.6) is 5.75 Å². The molecule has 1 aromatic rings. The van der Waals surface area contributed by atoms with E-state index in [1.54, 1.807) is 18.1 Å². The lowest BCUT2D eigenvalue weighted by Gasteiger charge is -2.24. The highest BCUT2D eigenvalue weighted by atomic mass is 32.1. The molecule has 1 unspecified atom stereocenters. The molecule has 1 aliphatic rings. The van der Waals surface area contributed by atoms with Crippen LogP contribution in [0.4, 0.5) is 0 Å². The number of carbonyl (C=O) groups is 1. The number of rotatable bonds is 6. The van der Waals surface area contributed by atoms with E-state index in [0.29, 0.717) is 29.8 Å². The minimum atomic E-state index is -0.0314. The van der Waals surface area contributed by atoms with E-state index in [2.05, 4.69) is 5.32 Å². The van der Waals surface area contributed by atoms with Gasteiger partial charge in [-0.15, -0.1) is 11.3 Å². The van der Waals surface area contributed by atoms with Crippen molar-refractivity contribution in [2.75, 3.05) is 33.4 Å². The molecule has 0 aliphatic carbocycles. The van der Waals surface area contributed by atoms with E-state index in [4.69, 9.17) is 9.84 Å². The Hall–Kier alpha value is -1.11. The first-order valence-electron chi connectivity index (χ1n) is 6.50. The van der Waals surface area contributed by atoms with Gasteiger partial charge >= 0.3 is 0 Å². The van der Waals surface area contributed by atoms with Crippen LogP contribution >= 0.6 is 11.3 Å². The number of nitrogens with zero attached hydrogens (tertiary/aromatic N) is 1. The van der Waals surface area contributed by atoms with Gasteiger partial charge in [-0.05, 0) is 19.4 Å². The fraction of sp³-hybridized carbons (Fsp3) is 0.615. The number of nitrogens with one attached hydrogen (secondary N) is 1. The first kappa shape index (κ1) is 14.3. The first-order chi connectivity index (χ1) is 9.24. The van der Waals surface area contributed by atoms with Gasteiger partial charge in [0, 0.05) is 30.6 Å². The van der Waals surface area contributed by atoms with Gasteiger partial charge in [-0.25, -0.2) is 0 Å². The van der Waals surface area contributed by atoms with E-state index in [9.17, 15) is 4.79 Å². The summed E-state index contributed by atoms with van der Waals surface area (Å²) in [5.74, 6) is 0.673. The van der Waals surface area contributed by atoms with Gasteiger partial charge in [0.05, 0.1) is 18.6 Å². The largest absolute Gasteiger partial charge is 0.496 e. The summed E-state index contributed by atoms with van der Waals surface area (Å²) in [7, 11) is 1.59. The van der Waals surface area contributed by atoms with Crippen LogP contribution in [0.1, 0.15) is 22.5 Å². The Balaban J connectivity index is 2.02. The Morgan fingerprint density at radius 2 is 2.53 bits per heavy atom. The highest BCUT2D eigenvalue weighted by molar-refractivity contribution is 7.12. The number of hydrogen-bond donors (Lipinski definition) is 2. The maximum Gasteiger partial charge on any atom is 0.264 e. The Morgan fingerprint density at radius 3 is 3.11 bits per heavy atom. The quantitative estimate of drug-likeness (QED) is 0.816. The van der Waals surface area contributed by atoms with Crippen LogP contribution < -0.4 is 10.1 Å². The van der Waals surface area contributed by atoms with Crippen molar-refractivity contribution in [3.63, 3.8) is 0 Å². The third-order valence-electron chi connectivity index (χ3n) is 3.28. The van der Waals surface area contributed by atoms with Crippen LogP contribution in [0.15, 0.2) is 11.4 Å². The molecule has 1 aliphatic heterocycles. The molecule has 1 amide bonds. The summed E-state index contributed by atoms with van der Waals surface area (Å²) in [5.41, 5.74) is 0. The molecule has 2 heterocycles. The number of aliphatic hydroxyl groups excluding tert-OH is 1. The van der Waals surface area contributed by atoms with E-state index in [0.717, 1.165) is 19.4 Å². The number of aliphatic hydroxyl groups is 1. The Morgan fingerprint density at radius 1 is 1.68 bits per heavy atom. The van der Waals surface area contributed by atoms with Gasteiger partial charge in [0.1, 0.15) is 5.75 Å². The molecule has 0 bridgehead atoms. The maximum absolute atomic E-state index is 12.4. The molecule has 1 atom stereocenters. The molecular weight excluding hydrogens is 264 g/mol. The van der Waals surface area contributed by atoms with Crippen molar-refractivity contribution < 1.29 is 14.6 Å². The fourth-order valence-corrected chi connectivity index (χ4v) is 3.09. The average Bonchev–Trinajstić information content (AvgIpc) is 3.08. The van der Waals surface area contributed by atoms with Crippen molar-refractivity contribution in [1.82, 2.24) is 10.2 Å². The van der Waals surface area contributed by atoms with E-state index in [-0.39, 0.29) is 12.5 Å². The zero-order valence-electron chi connectivity index (χ0n) is 11.1. The molecule has 0 radical (unpaired) electrons. The van der Waals surface area contributed by atoms with Crippen LogP contribution in [0.2, 0.25) is 0 Å². The standard InChI is InChI=1S/C13H20N2O3S/c1-18-11-7-12(19-9-11)13(17)15(5-6-16)8-10-3-2-4-14-10/h7,9-10,14,16H,2-6,8H2,1H3. The summed E-state index contributed by atoms with van der Waals surface area (Å²) in [6.45, 7) is 2.02. The molecule has 2 rings (SSSR count). The number of amides is 1. The van der Waals surface area contributed by atoms with Crippen LogP contribution in [0.3, 0.4) is 0 Å². The van der Waals surface area contributed by atoms with Gasteiger partial charge in [-0.2, -0.15) is 0 Å². The van der Waals surface area contributed by atoms with Crippen molar-refractivity contribution >= 4 is 17.2 Å². The van der Waals surface area contributed by atoms with E-state index in [1.807, 2.05) is 5.38 Å². The molecule has 1 fully saturated rings. The summed E-state index contributed by atoms with van der Waals surface area (Å²) in [5, 5.41) is 14.3. The van der Waals surface area contributed by atoms with E-state index >= 15 is 0 Å². The van der Waals surface area contributed by atoms with Crippen LogP contribution in [-0.2, 0) is 0 Å². The summed E-state index contributed by atoms with van der Waals surface area (Å²) < 4.78 is 5.10. The first-order valence-corrected chi connectivity index (χ1v) is 7.38. The molecule has 19 heavy (non-hydrogen) atoms. The maximum atomic E-state index is 12.4. The van der Waals surface area contributed by atoms with Gasteiger partial charge in [0.25, 0.3) is 5.91 Å². The number of thiophene rings is 1. The fourth-order valence-electron chi connectivity index (χ4n) is 2.27. The van der Waals surface area contributed by atoms with Crippen molar-refractivity contribution in [2.45, 2.75) is 18.9 Å². The Kier molecular flexibility index (Phi) is 5.18. The molecule has 106 valence electrons. The monoisotopic (exact) mass is 284 g/mol. The number of hydrogen-bond acceptors (Lipinski definition) is 5. The molecule has 1 aromatic heterocycles. The minimum Gasteiger partial charge on any atom is -0.496 e. The molecule has 0 aromatic carbocycles. The highest BCUT2D eigenvalue weighted by Gasteiger charge is 2.23. The van der Waals surface area contributed by atoms with E-state index < -0.39 is 0 Å². The zero-order valence-corrected chi connectivity index (χ0v) is 11.9. The van der Waals surface area contributed by atoms with Crippen LogP contribution in [-0.4, -0.2) is 55.3 Å². The third-order valence-corrected chi connectivity index (χ3v) is 4.18. The molecule has 6 heteroatoms. The third kappa shape index (κ3) is 3.68. The van der Waals surface area contributed by atoms with Gasteiger partial charge in [-0.3, -0.25) is 4.79 Å². The second-order valence-electron chi connectivity index (χ2n) is 4.62. The van der Waals surface area contributed by atoms with Gasteiger partial charge in [0.15, 0.2) is 0 Å². The number of carbonyl (C=O) groups excluding carboxylic acids is 1. The van der Waals surface area contributed by atoms with Crippen molar-refractivity contribution in [3.05, 3.63) is 16.3 Å².